The van der Waals surface area contributed by atoms with Crippen molar-refractivity contribution in [1.82, 2.24) is 9.88 Å². The first kappa shape index (κ1) is 14.8. The van der Waals surface area contributed by atoms with Gasteiger partial charge in [-0.15, -0.1) is 0 Å². The van der Waals surface area contributed by atoms with Gasteiger partial charge in [-0.1, -0.05) is 20.3 Å². The van der Waals surface area contributed by atoms with Gasteiger partial charge in [0, 0.05) is 31.0 Å². The summed E-state index contributed by atoms with van der Waals surface area (Å²) in [5.41, 5.74) is 1.55. The molecule has 1 aliphatic rings. The van der Waals surface area contributed by atoms with Crippen molar-refractivity contribution in [2.75, 3.05) is 18.4 Å². The van der Waals surface area contributed by atoms with Crippen LogP contribution in [0.3, 0.4) is 0 Å². The minimum atomic E-state index is 0.0844. The van der Waals surface area contributed by atoms with Crippen LogP contribution in [0.4, 0.5) is 5.69 Å². The first-order valence-corrected chi connectivity index (χ1v) is 7.77. The van der Waals surface area contributed by atoms with Crippen molar-refractivity contribution in [2.24, 2.45) is 0 Å². The zero-order chi connectivity index (χ0) is 14.4. The second-order valence-electron chi connectivity index (χ2n) is 5.44. The standard InChI is InChI=1S/C16H25N3O/c1-3-5-11-19(14-6-7-14)16(20)15-12-13(8-10-18-15)17-9-4-2/h8,10,12,14H,3-7,9,11H2,1-2H3,(H,17,18). The van der Waals surface area contributed by atoms with Gasteiger partial charge in [0.1, 0.15) is 5.69 Å². The molecule has 0 atom stereocenters. The van der Waals surface area contributed by atoms with Crippen molar-refractivity contribution in [1.29, 1.82) is 0 Å². The number of aromatic nitrogens is 1. The van der Waals surface area contributed by atoms with Gasteiger partial charge in [-0.25, -0.2) is 0 Å². The molecule has 20 heavy (non-hydrogen) atoms. The van der Waals surface area contributed by atoms with E-state index in [1.165, 1.54) is 0 Å². The molecule has 0 unspecified atom stereocenters. The molecule has 4 heteroatoms. The van der Waals surface area contributed by atoms with Crippen LogP contribution < -0.4 is 5.32 Å². The van der Waals surface area contributed by atoms with Gasteiger partial charge in [-0.3, -0.25) is 9.78 Å². The van der Waals surface area contributed by atoms with Crippen molar-refractivity contribution < 1.29 is 4.79 Å². The van der Waals surface area contributed by atoms with Gasteiger partial charge in [-0.2, -0.15) is 0 Å². The molecule has 1 aliphatic carbocycles. The van der Waals surface area contributed by atoms with Gasteiger partial charge in [0.15, 0.2) is 0 Å². The van der Waals surface area contributed by atoms with Crippen LogP contribution >= 0.6 is 0 Å². The number of carbonyl (C=O) groups excluding carboxylic acids is 1. The summed E-state index contributed by atoms with van der Waals surface area (Å²) in [6, 6.07) is 4.24. The van der Waals surface area contributed by atoms with Crippen LogP contribution in [0.5, 0.6) is 0 Å². The maximum atomic E-state index is 12.6. The zero-order valence-electron chi connectivity index (χ0n) is 12.6. The molecular weight excluding hydrogens is 250 g/mol. The van der Waals surface area contributed by atoms with Gasteiger partial charge in [0.2, 0.25) is 0 Å². The van der Waals surface area contributed by atoms with E-state index in [2.05, 4.69) is 24.1 Å². The summed E-state index contributed by atoms with van der Waals surface area (Å²) in [7, 11) is 0. The molecular formula is C16H25N3O. The molecule has 0 radical (unpaired) electrons. The normalized spacial score (nSPS) is 14.1. The Morgan fingerprint density at radius 3 is 2.85 bits per heavy atom. The van der Waals surface area contributed by atoms with Crippen LogP contribution in [0.25, 0.3) is 0 Å². The largest absolute Gasteiger partial charge is 0.385 e. The Morgan fingerprint density at radius 1 is 1.40 bits per heavy atom. The van der Waals surface area contributed by atoms with Crippen LogP contribution in [0.15, 0.2) is 18.3 Å². The number of nitrogens with one attached hydrogen (secondary N) is 1. The van der Waals surface area contributed by atoms with E-state index in [0.717, 1.165) is 50.9 Å². The summed E-state index contributed by atoms with van der Waals surface area (Å²) >= 11 is 0. The number of hydrogen-bond acceptors (Lipinski definition) is 3. The molecule has 0 aliphatic heterocycles. The van der Waals surface area contributed by atoms with Crippen molar-refractivity contribution in [3.8, 4) is 0 Å². The van der Waals surface area contributed by atoms with Crippen LogP contribution in [-0.2, 0) is 0 Å². The third-order valence-electron chi connectivity index (χ3n) is 3.56. The van der Waals surface area contributed by atoms with Crippen molar-refractivity contribution in [3.63, 3.8) is 0 Å². The Labute approximate surface area is 121 Å². The van der Waals surface area contributed by atoms with Gasteiger partial charge in [0.25, 0.3) is 5.91 Å². The van der Waals surface area contributed by atoms with Crippen LogP contribution in [0.1, 0.15) is 56.4 Å². The summed E-state index contributed by atoms with van der Waals surface area (Å²) in [4.78, 5) is 18.9. The van der Waals surface area contributed by atoms with E-state index in [1.54, 1.807) is 6.20 Å². The third kappa shape index (κ3) is 3.95. The molecule has 0 aromatic carbocycles. The van der Waals surface area contributed by atoms with Crippen molar-refractivity contribution in [2.45, 2.75) is 52.0 Å². The average Bonchev–Trinajstić information content (AvgIpc) is 3.30. The smallest absolute Gasteiger partial charge is 0.272 e. The Balaban J connectivity index is 2.05. The van der Waals surface area contributed by atoms with E-state index < -0.39 is 0 Å². The predicted octanol–water partition coefficient (Wildman–Crippen LogP) is 3.31. The highest BCUT2D eigenvalue weighted by atomic mass is 16.2. The molecule has 1 amide bonds. The summed E-state index contributed by atoms with van der Waals surface area (Å²) in [5.74, 6) is 0.0844. The maximum Gasteiger partial charge on any atom is 0.272 e. The van der Waals surface area contributed by atoms with E-state index in [4.69, 9.17) is 0 Å². The fourth-order valence-electron chi connectivity index (χ4n) is 2.24. The number of pyridine rings is 1. The van der Waals surface area contributed by atoms with E-state index in [1.807, 2.05) is 17.0 Å². The predicted molar refractivity (Wildman–Crippen MR) is 82.0 cm³/mol. The molecule has 0 saturated heterocycles. The van der Waals surface area contributed by atoms with E-state index in [9.17, 15) is 4.79 Å². The molecule has 1 heterocycles. The monoisotopic (exact) mass is 275 g/mol. The first-order chi connectivity index (χ1) is 9.76. The highest BCUT2D eigenvalue weighted by Crippen LogP contribution is 2.28. The molecule has 1 aromatic heterocycles. The SMILES string of the molecule is CCCCN(C(=O)c1cc(NCCC)ccn1)C1CC1. The number of amides is 1. The fourth-order valence-corrected chi connectivity index (χ4v) is 2.24. The van der Waals surface area contributed by atoms with Gasteiger partial charge in [-0.05, 0) is 37.8 Å². The minimum absolute atomic E-state index is 0.0844. The average molecular weight is 275 g/mol. The van der Waals surface area contributed by atoms with Crippen molar-refractivity contribution in [3.05, 3.63) is 24.0 Å². The van der Waals surface area contributed by atoms with Gasteiger partial charge in [0.05, 0.1) is 0 Å². The van der Waals surface area contributed by atoms with Gasteiger partial charge < -0.3 is 10.2 Å². The Kier molecular flexibility index (Phi) is 5.39. The lowest BCUT2D eigenvalue weighted by Gasteiger charge is -2.22. The molecule has 1 saturated carbocycles. The molecule has 4 nitrogen and oxygen atoms in total. The van der Waals surface area contributed by atoms with Crippen molar-refractivity contribution >= 4 is 11.6 Å². The highest BCUT2D eigenvalue weighted by Gasteiger charge is 2.33. The number of hydrogen-bond donors (Lipinski definition) is 1. The second kappa shape index (κ2) is 7.27. The highest BCUT2D eigenvalue weighted by molar-refractivity contribution is 5.93. The number of rotatable bonds is 8. The van der Waals surface area contributed by atoms with Crippen LogP contribution in [-0.4, -0.2) is 34.9 Å². The quantitative estimate of drug-likeness (QED) is 0.791. The van der Waals surface area contributed by atoms with E-state index in [-0.39, 0.29) is 5.91 Å². The summed E-state index contributed by atoms with van der Waals surface area (Å²) < 4.78 is 0. The molecule has 0 spiro atoms. The molecule has 0 bridgehead atoms. The lowest BCUT2D eigenvalue weighted by atomic mass is 10.2. The summed E-state index contributed by atoms with van der Waals surface area (Å²) in [6.45, 7) is 6.05. The molecule has 1 aromatic rings. The molecule has 2 rings (SSSR count). The third-order valence-corrected chi connectivity index (χ3v) is 3.56. The fraction of sp³-hybridized carbons (Fsp3) is 0.625. The number of nitrogens with zero attached hydrogens (tertiary/aromatic N) is 2. The summed E-state index contributed by atoms with van der Waals surface area (Å²) in [6.07, 6.45) is 7.25. The van der Waals surface area contributed by atoms with Crippen LogP contribution in [0, 0.1) is 0 Å². The maximum absolute atomic E-state index is 12.6. The first-order valence-electron chi connectivity index (χ1n) is 7.77. The van der Waals surface area contributed by atoms with Gasteiger partial charge >= 0.3 is 0 Å². The number of carbonyl (C=O) groups is 1. The minimum Gasteiger partial charge on any atom is -0.385 e. The van der Waals surface area contributed by atoms with E-state index >= 15 is 0 Å². The lowest BCUT2D eigenvalue weighted by Crippen LogP contribution is -2.34. The molecule has 1 fully saturated rings. The Morgan fingerprint density at radius 2 is 2.20 bits per heavy atom. The summed E-state index contributed by atoms with van der Waals surface area (Å²) in [5, 5.41) is 3.31. The topological polar surface area (TPSA) is 45.2 Å². The van der Waals surface area contributed by atoms with Crippen LogP contribution in [0.2, 0.25) is 0 Å². The zero-order valence-corrected chi connectivity index (χ0v) is 12.6. The Hall–Kier alpha value is -1.58. The number of anilines is 1. The molecule has 1 N–H and O–H groups in total. The number of unbranched alkanes of at least 4 members (excludes halogenated alkanes) is 1. The van der Waals surface area contributed by atoms with E-state index in [0.29, 0.717) is 11.7 Å². The Bertz CT molecular complexity index is 443. The lowest BCUT2D eigenvalue weighted by molar-refractivity contribution is 0.0735. The molecule has 110 valence electrons. The second-order valence-corrected chi connectivity index (χ2v) is 5.44.